The zero-order valence-corrected chi connectivity index (χ0v) is 19.0. The highest BCUT2D eigenvalue weighted by Gasteiger charge is 2.28. The number of fused-ring (bicyclic) bond motifs is 1. The lowest BCUT2D eigenvalue weighted by Crippen LogP contribution is -2.43. The fourth-order valence-electron chi connectivity index (χ4n) is 3.34. The van der Waals surface area contributed by atoms with Gasteiger partial charge in [-0.2, -0.15) is 0 Å². The van der Waals surface area contributed by atoms with Gasteiger partial charge in [0.05, 0.1) is 6.61 Å². The minimum absolute atomic E-state index is 0. The van der Waals surface area contributed by atoms with E-state index in [2.05, 4.69) is 25.5 Å². The molecule has 3 N–H and O–H groups in total. The Kier molecular flexibility index (Phi) is 9.46. The van der Waals surface area contributed by atoms with Crippen LogP contribution in [0.3, 0.4) is 0 Å². The van der Waals surface area contributed by atoms with Gasteiger partial charge in [0.2, 0.25) is 0 Å². The third-order valence-electron chi connectivity index (χ3n) is 4.98. The number of methoxy groups -OCH3 is 1. The van der Waals surface area contributed by atoms with E-state index in [1.165, 1.54) is 18.9 Å². The summed E-state index contributed by atoms with van der Waals surface area (Å²) in [5.74, 6) is 0.589. The molecule has 1 aromatic heterocycles. The number of aromatic amines is 1. The van der Waals surface area contributed by atoms with Crippen LogP contribution < -0.4 is 10.6 Å². The van der Waals surface area contributed by atoms with Gasteiger partial charge in [0.25, 0.3) is 0 Å². The number of rotatable bonds is 10. The third-order valence-corrected chi connectivity index (χ3v) is 4.98. The van der Waals surface area contributed by atoms with Crippen LogP contribution in [0.2, 0.25) is 0 Å². The zero-order valence-electron chi connectivity index (χ0n) is 16.6. The Labute approximate surface area is 183 Å². The number of halogens is 2. The first-order valence-electron chi connectivity index (χ1n) is 9.64. The number of H-pyrrole nitrogens is 1. The van der Waals surface area contributed by atoms with Crippen molar-refractivity contribution in [2.24, 2.45) is 4.99 Å². The second-order valence-corrected chi connectivity index (χ2v) is 6.94. The number of nitrogens with one attached hydrogen (secondary N) is 3. The molecule has 1 aliphatic carbocycles. The number of hydrogen-bond acceptors (Lipinski definition) is 3. The molecule has 1 aliphatic rings. The number of aliphatic imine (C=N–C) groups is 1. The lowest BCUT2D eigenvalue weighted by Gasteiger charge is -2.22. The molecule has 3 rings (SSSR count). The van der Waals surface area contributed by atoms with Crippen LogP contribution in [0.15, 0.2) is 29.4 Å². The fourth-order valence-corrected chi connectivity index (χ4v) is 3.34. The van der Waals surface area contributed by atoms with Gasteiger partial charge in [-0.1, -0.05) is 0 Å². The Morgan fingerprint density at radius 3 is 2.79 bits per heavy atom. The molecular weight excluding hydrogens is 472 g/mol. The maximum atomic E-state index is 13.5. The van der Waals surface area contributed by atoms with Gasteiger partial charge in [-0.15, -0.1) is 24.0 Å². The van der Waals surface area contributed by atoms with Crippen LogP contribution in [0.4, 0.5) is 4.39 Å². The first-order chi connectivity index (χ1) is 13.2. The highest BCUT2D eigenvalue weighted by molar-refractivity contribution is 14.0. The van der Waals surface area contributed by atoms with Crippen molar-refractivity contribution >= 4 is 40.8 Å². The molecular formula is C20H31FIN5O. The molecule has 6 nitrogen and oxygen atoms in total. The van der Waals surface area contributed by atoms with E-state index in [4.69, 9.17) is 4.74 Å². The van der Waals surface area contributed by atoms with E-state index in [1.54, 1.807) is 26.3 Å². The Hall–Kier alpha value is -1.39. The molecule has 8 heteroatoms. The fraction of sp³-hybridized carbons (Fsp3) is 0.550. The number of nitrogens with zero attached hydrogens (tertiary/aromatic N) is 2. The standard InChI is InChI=1S/C20H30FN5O.HI/c1-22-20(24-9-10-26(11-12-27-2)17-4-5-17)23-8-7-15-14-25-19-6-3-16(21)13-18(15)19;/h3,6,13-14,17,25H,4-5,7-12H2,1-2H3,(H2,22,23,24);1H. The van der Waals surface area contributed by atoms with Crippen LogP contribution in [0.1, 0.15) is 18.4 Å². The molecule has 0 radical (unpaired) electrons. The van der Waals surface area contributed by atoms with Crippen LogP contribution in [-0.2, 0) is 11.2 Å². The molecule has 1 aromatic carbocycles. The Balaban J connectivity index is 0.00000280. The summed E-state index contributed by atoms with van der Waals surface area (Å²) in [5, 5.41) is 7.65. The number of hydrogen-bond donors (Lipinski definition) is 3. The molecule has 1 fully saturated rings. The van der Waals surface area contributed by atoms with Gasteiger partial charge in [0, 0.05) is 63.5 Å². The quantitative estimate of drug-likeness (QED) is 0.265. The summed E-state index contributed by atoms with van der Waals surface area (Å²) in [5.41, 5.74) is 2.07. The Morgan fingerprint density at radius 1 is 1.29 bits per heavy atom. The van der Waals surface area contributed by atoms with E-state index in [-0.39, 0.29) is 29.8 Å². The summed E-state index contributed by atoms with van der Waals surface area (Å²) in [7, 11) is 3.52. The lowest BCUT2D eigenvalue weighted by atomic mass is 10.1. The minimum Gasteiger partial charge on any atom is -0.383 e. The molecule has 0 bridgehead atoms. The highest BCUT2D eigenvalue weighted by Crippen LogP contribution is 2.26. The molecule has 28 heavy (non-hydrogen) atoms. The molecule has 1 heterocycles. The van der Waals surface area contributed by atoms with Gasteiger partial charge < -0.3 is 20.4 Å². The molecule has 0 aliphatic heterocycles. The van der Waals surface area contributed by atoms with E-state index in [1.807, 2.05) is 6.20 Å². The van der Waals surface area contributed by atoms with Crippen molar-refractivity contribution < 1.29 is 9.13 Å². The maximum Gasteiger partial charge on any atom is 0.191 e. The molecule has 0 atom stereocenters. The molecule has 0 saturated heterocycles. The van der Waals surface area contributed by atoms with Crippen molar-refractivity contribution in [3.05, 3.63) is 35.8 Å². The summed E-state index contributed by atoms with van der Waals surface area (Å²) in [4.78, 5) is 9.95. The topological polar surface area (TPSA) is 64.7 Å². The molecule has 2 aromatic rings. The van der Waals surface area contributed by atoms with E-state index in [0.29, 0.717) is 0 Å². The molecule has 1 saturated carbocycles. The van der Waals surface area contributed by atoms with Gasteiger partial charge in [-0.05, 0) is 43.0 Å². The van der Waals surface area contributed by atoms with E-state index >= 15 is 0 Å². The first-order valence-corrected chi connectivity index (χ1v) is 9.64. The highest BCUT2D eigenvalue weighted by atomic mass is 127. The zero-order chi connectivity index (χ0) is 19.1. The van der Waals surface area contributed by atoms with E-state index in [9.17, 15) is 4.39 Å². The monoisotopic (exact) mass is 503 g/mol. The number of guanidine groups is 1. The van der Waals surface area contributed by atoms with Crippen LogP contribution >= 0.6 is 24.0 Å². The second kappa shape index (κ2) is 11.6. The number of aromatic nitrogens is 1. The van der Waals surface area contributed by atoms with Gasteiger partial charge >= 0.3 is 0 Å². The van der Waals surface area contributed by atoms with Crippen LogP contribution in [0.25, 0.3) is 10.9 Å². The van der Waals surface area contributed by atoms with Crippen molar-refractivity contribution in [1.29, 1.82) is 0 Å². The number of ether oxygens (including phenoxy) is 1. The van der Waals surface area contributed by atoms with Crippen molar-refractivity contribution in [2.75, 3.05) is 46.9 Å². The number of benzene rings is 1. The van der Waals surface area contributed by atoms with Gasteiger partial charge in [-0.25, -0.2) is 4.39 Å². The predicted octanol–water partition coefficient (Wildman–Crippen LogP) is 2.74. The average molecular weight is 503 g/mol. The summed E-state index contributed by atoms with van der Waals surface area (Å²) < 4.78 is 18.7. The van der Waals surface area contributed by atoms with Crippen molar-refractivity contribution in [3.8, 4) is 0 Å². The molecule has 0 unspecified atom stereocenters. The molecule has 0 amide bonds. The normalized spacial score (nSPS) is 14.4. The van der Waals surface area contributed by atoms with Crippen LogP contribution in [-0.4, -0.2) is 68.8 Å². The van der Waals surface area contributed by atoms with Gasteiger partial charge in [-0.3, -0.25) is 9.89 Å². The second-order valence-electron chi connectivity index (χ2n) is 6.94. The van der Waals surface area contributed by atoms with E-state index in [0.717, 1.165) is 67.7 Å². The summed E-state index contributed by atoms with van der Waals surface area (Å²) in [6, 6.07) is 5.56. The molecule has 0 spiro atoms. The predicted molar refractivity (Wildman–Crippen MR) is 123 cm³/mol. The van der Waals surface area contributed by atoms with Crippen LogP contribution in [0.5, 0.6) is 0 Å². The SMILES string of the molecule is CN=C(NCCc1c[nH]c2ccc(F)cc12)NCCN(CCOC)C1CC1.I. The van der Waals surface area contributed by atoms with Crippen molar-refractivity contribution in [1.82, 2.24) is 20.5 Å². The van der Waals surface area contributed by atoms with E-state index < -0.39 is 0 Å². The van der Waals surface area contributed by atoms with Gasteiger partial charge in [0.15, 0.2) is 5.96 Å². The third kappa shape index (κ3) is 6.59. The Bertz CT molecular complexity index is 762. The summed E-state index contributed by atoms with van der Waals surface area (Å²) in [6.07, 6.45) is 5.33. The van der Waals surface area contributed by atoms with Crippen molar-refractivity contribution in [2.45, 2.75) is 25.3 Å². The maximum absolute atomic E-state index is 13.5. The lowest BCUT2D eigenvalue weighted by molar-refractivity contribution is 0.144. The Morgan fingerprint density at radius 2 is 2.07 bits per heavy atom. The smallest absolute Gasteiger partial charge is 0.191 e. The summed E-state index contributed by atoms with van der Waals surface area (Å²) >= 11 is 0. The minimum atomic E-state index is -0.206. The largest absolute Gasteiger partial charge is 0.383 e. The first kappa shape index (κ1) is 22.9. The summed E-state index contributed by atoms with van der Waals surface area (Å²) in [6.45, 7) is 4.31. The van der Waals surface area contributed by atoms with Gasteiger partial charge in [0.1, 0.15) is 5.82 Å². The van der Waals surface area contributed by atoms with Crippen molar-refractivity contribution in [3.63, 3.8) is 0 Å². The molecule has 156 valence electrons. The average Bonchev–Trinajstić information content (AvgIpc) is 3.44. The van der Waals surface area contributed by atoms with Crippen LogP contribution in [0, 0.1) is 5.82 Å².